The molecule has 6 heteroatoms. The van der Waals surface area contributed by atoms with Gasteiger partial charge >= 0.3 is 5.69 Å². The third-order valence-electron chi connectivity index (χ3n) is 5.30. The van der Waals surface area contributed by atoms with E-state index in [4.69, 9.17) is 0 Å². The van der Waals surface area contributed by atoms with Crippen LogP contribution in [0.2, 0.25) is 0 Å². The summed E-state index contributed by atoms with van der Waals surface area (Å²) in [5, 5.41) is 4.53. The normalized spacial score (nSPS) is 19.8. The van der Waals surface area contributed by atoms with Crippen LogP contribution in [0, 0.1) is 5.92 Å². The summed E-state index contributed by atoms with van der Waals surface area (Å²) in [5.41, 5.74) is 0.976. The highest BCUT2D eigenvalue weighted by Crippen LogP contribution is 2.21. The Morgan fingerprint density at radius 3 is 2.73 bits per heavy atom. The second-order valence-corrected chi connectivity index (χ2v) is 7.05. The summed E-state index contributed by atoms with van der Waals surface area (Å²) in [6.07, 6.45) is 7.64. The monoisotopic (exact) mass is 352 g/mol. The molecule has 136 valence electrons. The largest absolute Gasteiger partial charge is 0.346 e. The summed E-state index contributed by atoms with van der Waals surface area (Å²) in [6.45, 7) is 2.23. The number of carbonyl (C=O) groups is 1. The van der Waals surface area contributed by atoms with Crippen LogP contribution in [0.15, 0.2) is 47.3 Å². The van der Waals surface area contributed by atoms with Gasteiger partial charge in [-0.15, -0.1) is 0 Å². The lowest BCUT2D eigenvalue weighted by Gasteiger charge is -2.26. The second kappa shape index (κ2) is 7.32. The minimum absolute atomic E-state index is 0.0845. The van der Waals surface area contributed by atoms with Gasteiger partial charge in [0.1, 0.15) is 5.82 Å². The van der Waals surface area contributed by atoms with Gasteiger partial charge in [0.2, 0.25) is 5.91 Å². The highest BCUT2D eigenvalue weighted by Gasteiger charge is 2.27. The van der Waals surface area contributed by atoms with Gasteiger partial charge in [-0.2, -0.15) is 5.10 Å². The summed E-state index contributed by atoms with van der Waals surface area (Å²) >= 11 is 0. The summed E-state index contributed by atoms with van der Waals surface area (Å²) in [4.78, 5) is 27.4. The molecular weight excluding hydrogens is 328 g/mol. The number of fused-ring (bicyclic) bond motifs is 1. The van der Waals surface area contributed by atoms with Gasteiger partial charge in [0.15, 0.2) is 0 Å². The second-order valence-electron chi connectivity index (χ2n) is 7.05. The molecule has 2 aromatic rings. The fourth-order valence-corrected chi connectivity index (χ4v) is 3.82. The first-order valence-electron chi connectivity index (χ1n) is 9.36. The maximum atomic E-state index is 12.8. The lowest BCUT2D eigenvalue weighted by atomic mass is 9.93. The Bertz CT molecular complexity index is 866. The molecule has 26 heavy (non-hydrogen) atoms. The third kappa shape index (κ3) is 3.36. The molecule has 0 spiro atoms. The van der Waals surface area contributed by atoms with Crippen LogP contribution in [0.25, 0.3) is 0 Å². The topological polar surface area (TPSA) is 60.1 Å². The van der Waals surface area contributed by atoms with E-state index in [9.17, 15) is 9.59 Å². The molecule has 4 rings (SSSR count). The van der Waals surface area contributed by atoms with Gasteiger partial charge in [0, 0.05) is 32.0 Å². The molecule has 0 N–H and O–H groups in total. The van der Waals surface area contributed by atoms with E-state index in [2.05, 4.69) is 17.3 Å². The Labute approximate surface area is 152 Å². The summed E-state index contributed by atoms with van der Waals surface area (Å²) < 4.78 is 3.27. The number of nitrogens with zero attached hydrogens (tertiary/aromatic N) is 4. The standard InChI is InChI=1S/C20H24N4O2/c25-19(17-9-5-2-6-10-17)22-12-11-18-21-24(20(26)23(18)14-13-22)15-16-7-3-1-4-8-16/h1-5,7-8,17H,6,9-15H2. The zero-order valence-corrected chi connectivity index (χ0v) is 14.9. The van der Waals surface area contributed by atoms with Crippen LogP contribution in [-0.2, 0) is 24.3 Å². The Hall–Kier alpha value is -2.63. The van der Waals surface area contributed by atoms with Crippen LogP contribution >= 0.6 is 0 Å². The van der Waals surface area contributed by atoms with Gasteiger partial charge in [-0.1, -0.05) is 42.5 Å². The maximum Gasteiger partial charge on any atom is 0.346 e. The van der Waals surface area contributed by atoms with Gasteiger partial charge in [0.05, 0.1) is 6.54 Å². The fraction of sp³-hybridized carbons (Fsp3) is 0.450. The van der Waals surface area contributed by atoms with E-state index < -0.39 is 0 Å². The van der Waals surface area contributed by atoms with Gasteiger partial charge in [-0.05, 0) is 24.8 Å². The lowest BCUT2D eigenvalue weighted by molar-refractivity contribution is -0.135. The average molecular weight is 352 g/mol. The van der Waals surface area contributed by atoms with Crippen LogP contribution in [0.5, 0.6) is 0 Å². The van der Waals surface area contributed by atoms with Crippen LogP contribution in [0.4, 0.5) is 0 Å². The Balaban J connectivity index is 1.47. The number of rotatable bonds is 3. The van der Waals surface area contributed by atoms with Crippen molar-refractivity contribution in [3.05, 3.63) is 64.4 Å². The van der Waals surface area contributed by atoms with Crippen molar-refractivity contribution in [2.75, 3.05) is 13.1 Å². The number of hydrogen-bond acceptors (Lipinski definition) is 3. The van der Waals surface area contributed by atoms with Gasteiger partial charge in [-0.3, -0.25) is 9.36 Å². The maximum absolute atomic E-state index is 12.8. The Morgan fingerprint density at radius 2 is 1.96 bits per heavy atom. The first-order chi connectivity index (χ1) is 12.7. The molecule has 1 amide bonds. The minimum atomic E-state index is -0.0845. The van der Waals surface area contributed by atoms with Crippen LogP contribution in [0.3, 0.4) is 0 Å². The molecule has 1 aromatic heterocycles. The molecular formula is C20H24N4O2. The molecule has 0 saturated carbocycles. The number of amides is 1. The molecule has 1 aliphatic carbocycles. The molecule has 0 bridgehead atoms. The highest BCUT2D eigenvalue weighted by molar-refractivity contribution is 5.79. The number of carbonyl (C=O) groups excluding carboxylic acids is 1. The average Bonchev–Trinajstić information content (AvgIpc) is 2.85. The van der Waals surface area contributed by atoms with Gasteiger partial charge in [-0.25, -0.2) is 9.48 Å². The third-order valence-corrected chi connectivity index (χ3v) is 5.30. The Morgan fingerprint density at radius 1 is 1.12 bits per heavy atom. The molecule has 2 heterocycles. The summed E-state index contributed by atoms with van der Waals surface area (Å²) in [7, 11) is 0. The van der Waals surface area contributed by atoms with Gasteiger partial charge < -0.3 is 4.90 Å². The molecule has 0 radical (unpaired) electrons. The molecule has 0 fully saturated rings. The zero-order valence-electron chi connectivity index (χ0n) is 14.9. The van der Waals surface area contributed by atoms with Crippen molar-refractivity contribution in [1.29, 1.82) is 0 Å². The number of benzene rings is 1. The summed E-state index contributed by atoms with van der Waals surface area (Å²) in [6, 6.07) is 9.88. The number of hydrogen-bond donors (Lipinski definition) is 0. The molecule has 1 unspecified atom stereocenters. The molecule has 0 saturated heterocycles. The van der Waals surface area contributed by atoms with Crippen molar-refractivity contribution in [3.8, 4) is 0 Å². The molecule has 6 nitrogen and oxygen atoms in total. The fourth-order valence-electron chi connectivity index (χ4n) is 3.82. The van der Waals surface area contributed by atoms with E-state index in [0.717, 1.165) is 30.7 Å². The van der Waals surface area contributed by atoms with E-state index in [1.807, 2.05) is 35.2 Å². The SMILES string of the molecule is O=C(C1CC=CCC1)N1CCc2nn(Cc3ccccc3)c(=O)n2CC1. The van der Waals surface area contributed by atoms with Crippen LogP contribution in [-0.4, -0.2) is 38.2 Å². The molecule has 1 aliphatic heterocycles. The smallest absolute Gasteiger partial charge is 0.340 e. The quantitative estimate of drug-likeness (QED) is 0.792. The van der Waals surface area contributed by atoms with Crippen LogP contribution in [0.1, 0.15) is 30.7 Å². The Kier molecular flexibility index (Phi) is 4.73. The highest BCUT2D eigenvalue weighted by atomic mass is 16.2. The van der Waals surface area contributed by atoms with E-state index in [1.165, 1.54) is 4.68 Å². The van der Waals surface area contributed by atoms with E-state index >= 15 is 0 Å². The molecule has 1 atom stereocenters. The molecule has 1 aromatic carbocycles. The molecule has 2 aliphatic rings. The van der Waals surface area contributed by atoms with Crippen molar-refractivity contribution in [2.45, 2.75) is 38.8 Å². The number of allylic oxidation sites excluding steroid dienone is 2. The van der Waals surface area contributed by atoms with Crippen molar-refractivity contribution < 1.29 is 4.79 Å². The predicted octanol–water partition coefficient (Wildman–Crippen LogP) is 1.83. The first kappa shape index (κ1) is 16.8. The van der Waals surface area contributed by atoms with Crippen molar-refractivity contribution >= 4 is 5.91 Å². The summed E-state index contributed by atoms with van der Waals surface area (Å²) in [5.74, 6) is 1.11. The minimum Gasteiger partial charge on any atom is -0.340 e. The van der Waals surface area contributed by atoms with Crippen LogP contribution < -0.4 is 5.69 Å². The van der Waals surface area contributed by atoms with Crippen molar-refractivity contribution in [1.82, 2.24) is 19.2 Å². The van der Waals surface area contributed by atoms with Crippen molar-refractivity contribution in [2.24, 2.45) is 5.92 Å². The van der Waals surface area contributed by atoms with E-state index in [1.54, 1.807) is 4.57 Å². The number of aromatic nitrogens is 3. The van der Waals surface area contributed by atoms with E-state index in [-0.39, 0.29) is 17.5 Å². The predicted molar refractivity (Wildman–Crippen MR) is 98.8 cm³/mol. The van der Waals surface area contributed by atoms with Crippen molar-refractivity contribution in [3.63, 3.8) is 0 Å². The zero-order chi connectivity index (χ0) is 17.9. The first-order valence-corrected chi connectivity index (χ1v) is 9.36. The lowest BCUT2D eigenvalue weighted by Crippen LogP contribution is -2.39. The van der Waals surface area contributed by atoms with Gasteiger partial charge in [0.25, 0.3) is 0 Å². The van der Waals surface area contributed by atoms with E-state index in [0.29, 0.717) is 32.6 Å².